The van der Waals surface area contributed by atoms with Crippen molar-refractivity contribution in [2.45, 2.75) is 25.8 Å². The van der Waals surface area contributed by atoms with Crippen LogP contribution < -0.4 is 15.4 Å². The summed E-state index contributed by atoms with van der Waals surface area (Å²) < 4.78 is 28.6. The van der Waals surface area contributed by atoms with E-state index in [-0.39, 0.29) is 41.5 Å². The Morgan fingerprint density at radius 3 is 2.75 bits per heavy atom. The number of hydrogen-bond donors (Lipinski definition) is 2. The van der Waals surface area contributed by atoms with Crippen LogP contribution in [0.5, 0.6) is 5.75 Å². The summed E-state index contributed by atoms with van der Waals surface area (Å²) in [5.41, 5.74) is 1.14. The van der Waals surface area contributed by atoms with E-state index in [0.717, 1.165) is 17.7 Å². The van der Waals surface area contributed by atoms with Gasteiger partial charge in [0.05, 0.1) is 18.1 Å². The van der Waals surface area contributed by atoms with Crippen molar-refractivity contribution in [1.29, 1.82) is 0 Å². The number of hydrogen-bond acceptors (Lipinski definition) is 4. The first kappa shape index (κ1) is 21.0. The van der Waals surface area contributed by atoms with E-state index in [9.17, 15) is 8.42 Å². The van der Waals surface area contributed by atoms with E-state index in [1.807, 2.05) is 31.2 Å². The van der Waals surface area contributed by atoms with Crippen LogP contribution in [0.4, 0.5) is 0 Å². The fourth-order valence-electron chi connectivity index (χ4n) is 2.62. The number of rotatable bonds is 6. The molecule has 1 atom stereocenters. The minimum Gasteiger partial charge on any atom is -0.494 e. The highest BCUT2D eigenvalue weighted by Gasteiger charge is 2.28. The predicted molar refractivity (Wildman–Crippen MR) is 108 cm³/mol. The molecular formula is C16H26IN3O3S. The van der Waals surface area contributed by atoms with Gasteiger partial charge in [-0.1, -0.05) is 18.2 Å². The van der Waals surface area contributed by atoms with Gasteiger partial charge in [0.2, 0.25) is 0 Å². The maximum Gasteiger partial charge on any atom is 0.191 e. The van der Waals surface area contributed by atoms with Gasteiger partial charge in [-0.15, -0.1) is 24.0 Å². The summed E-state index contributed by atoms with van der Waals surface area (Å²) in [6, 6.07) is 7.92. The van der Waals surface area contributed by atoms with Gasteiger partial charge < -0.3 is 15.4 Å². The molecule has 0 aliphatic carbocycles. The van der Waals surface area contributed by atoms with E-state index in [1.54, 1.807) is 7.05 Å². The van der Waals surface area contributed by atoms with E-state index in [0.29, 0.717) is 25.5 Å². The van der Waals surface area contributed by atoms with Crippen LogP contribution in [-0.2, 0) is 16.3 Å². The first-order valence-electron chi connectivity index (χ1n) is 7.92. The lowest BCUT2D eigenvalue weighted by Gasteiger charge is -2.16. The molecule has 2 N–H and O–H groups in total. The minimum atomic E-state index is -2.89. The maximum absolute atomic E-state index is 11.5. The molecule has 0 radical (unpaired) electrons. The van der Waals surface area contributed by atoms with E-state index in [4.69, 9.17) is 4.74 Å². The highest BCUT2D eigenvalue weighted by atomic mass is 127. The van der Waals surface area contributed by atoms with Gasteiger partial charge in [-0.05, 0) is 31.4 Å². The number of aliphatic imine (C=N–C) groups is 1. The second-order valence-corrected chi connectivity index (χ2v) is 7.76. The molecular weight excluding hydrogens is 441 g/mol. The molecule has 1 aromatic rings. The molecule has 1 unspecified atom stereocenters. The van der Waals surface area contributed by atoms with Crippen LogP contribution in [0.2, 0.25) is 0 Å². The number of halogens is 1. The van der Waals surface area contributed by atoms with Crippen LogP contribution >= 0.6 is 24.0 Å². The predicted octanol–water partition coefficient (Wildman–Crippen LogP) is 1.60. The Labute approximate surface area is 161 Å². The molecule has 8 heteroatoms. The molecule has 0 bridgehead atoms. The Hall–Kier alpha value is -1.03. The zero-order valence-corrected chi connectivity index (χ0v) is 17.3. The number of para-hydroxylation sites is 1. The molecule has 0 amide bonds. The van der Waals surface area contributed by atoms with Gasteiger partial charge >= 0.3 is 0 Å². The summed E-state index contributed by atoms with van der Waals surface area (Å²) in [6.07, 6.45) is 1.44. The molecule has 1 saturated heterocycles. The third-order valence-electron chi connectivity index (χ3n) is 3.76. The third-order valence-corrected chi connectivity index (χ3v) is 5.52. The SMILES string of the molecule is CCOc1ccccc1CCNC(=NC)NC1CCS(=O)(=O)C1.I. The second kappa shape index (κ2) is 10.1. The number of nitrogens with one attached hydrogen (secondary N) is 2. The fourth-order valence-corrected chi connectivity index (χ4v) is 4.29. The summed E-state index contributed by atoms with van der Waals surface area (Å²) in [7, 11) is -1.20. The fraction of sp³-hybridized carbons (Fsp3) is 0.562. The summed E-state index contributed by atoms with van der Waals surface area (Å²) in [5, 5.41) is 6.41. The molecule has 1 aliphatic rings. The largest absolute Gasteiger partial charge is 0.494 e. The van der Waals surface area contributed by atoms with E-state index >= 15 is 0 Å². The molecule has 0 spiro atoms. The van der Waals surface area contributed by atoms with Gasteiger partial charge in [-0.2, -0.15) is 0 Å². The van der Waals surface area contributed by atoms with Crippen LogP contribution in [-0.4, -0.2) is 52.1 Å². The molecule has 2 rings (SSSR count). The summed E-state index contributed by atoms with van der Waals surface area (Å²) in [4.78, 5) is 4.16. The molecule has 1 heterocycles. The van der Waals surface area contributed by atoms with Crippen molar-refractivity contribution in [2.75, 3.05) is 31.7 Å². The molecule has 6 nitrogen and oxygen atoms in total. The van der Waals surface area contributed by atoms with Gasteiger partial charge in [0.1, 0.15) is 5.75 Å². The molecule has 136 valence electrons. The molecule has 0 saturated carbocycles. The number of sulfone groups is 1. The highest BCUT2D eigenvalue weighted by Crippen LogP contribution is 2.18. The van der Waals surface area contributed by atoms with Crippen molar-refractivity contribution in [2.24, 2.45) is 4.99 Å². The number of nitrogens with zero attached hydrogens (tertiary/aromatic N) is 1. The van der Waals surface area contributed by atoms with Crippen molar-refractivity contribution in [1.82, 2.24) is 10.6 Å². The normalized spacial score (nSPS) is 19.4. The summed E-state index contributed by atoms with van der Waals surface area (Å²) >= 11 is 0. The smallest absolute Gasteiger partial charge is 0.191 e. The van der Waals surface area contributed by atoms with Gasteiger partial charge in [0, 0.05) is 19.6 Å². The lowest BCUT2D eigenvalue weighted by molar-refractivity contribution is 0.336. The first-order chi connectivity index (χ1) is 11.0. The Bertz CT molecular complexity index is 650. The molecule has 24 heavy (non-hydrogen) atoms. The standard InChI is InChI=1S/C16H25N3O3S.HI/c1-3-22-15-7-5-4-6-13(15)8-10-18-16(17-2)19-14-9-11-23(20,21)12-14;/h4-7,14H,3,8-12H2,1-2H3,(H2,17,18,19);1H. The van der Waals surface area contributed by atoms with Crippen LogP contribution in [0.25, 0.3) is 0 Å². The topological polar surface area (TPSA) is 79.8 Å². The minimum absolute atomic E-state index is 0. The van der Waals surface area contributed by atoms with E-state index in [2.05, 4.69) is 15.6 Å². The molecule has 1 aliphatic heterocycles. The first-order valence-corrected chi connectivity index (χ1v) is 9.74. The van der Waals surface area contributed by atoms with Gasteiger partial charge in [0.25, 0.3) is 0 Å². The Morgan fingerprint density at radius 2 is 2.12 bits per heavy atom. The maximum atomic E-state index is 11.5. The third kappa shape index (κ3) is 6.46. The van der Waals surface area contributed by atoms with Crippen molar-refractivity contribution in [3.63, 3.8) is 0 Å². The van der Waals surface area contributed by atoms with Crippen molar-refractivity contribution in [3.05, 3.63) is 29.8 Å². The average molecular weight is 467 g/mol. The van der Waals surface area contributed by atoms with E-state index < -0.39 is 9.84 Å². The van der Waals surface area contributed by atoms with Gasteiger partial charge in [-0.25, -0.2) is 8.42 Å². The molecule has 1 aromatic carbocycles. The number of ether oxygens (including phenoxy) is 1. The monoisotopic (exact) mass is 467 g/mol. The van der Waals surface area contributed by atoms with Crippen LogP contribution in [0.15, 0.2) is 29.3 Å². The lowest BCUT2D eigenvalue weighted by atomic mass is 10.1. The van der Waals surface area contributed by atoms with Crippen LogP contribution in [0.3, 0.4) is 0 Å². The second-order valence-electron chi connectivity index (χ2n) is 5.53. The number of benzene rings is 1. The molecule has 1 fully saturated rings. The molecule has 0 aromatic heterocycles. The van der Waals surface area contributed by atoms with E-state index in [1.165, 1.54) is 0 Å². The van der Waals surface area contributed by atoms with Gasteiger partial charge in [0.15, 0.2) is 15.8 Å². The summed E-state index contributed by atoms with van der Waals surface area (Å²) in [5.74, 6) is 1.98. The van der Waals surface area contributed by atoms with Crippen LogP contribution in [0, 0.1) is 0 Å². The lowest BCUT2D eigenvalue weighted by Crippen LogP contribution is -2.44. The highest BCUT2D eigenvalue weighted by molar-refractivity contribution is 14.0. The van der Waals surface area contributed by atoms with Crippen LogP contribution in [0.1, 0.15) is 18.9 Å². The Balaban J connectivity index is 0.00000288. The van der Waals surface area contributed by atoms with Crippen molar-refractivity contribution < 1.29 is 13.2 Å². The Kier molecular flexibility index (Phi) is 8.82. The summed E-state index contributed by atoms with van der Waals surface area (Å²) in [6.45, 7) is 3.31. The average Bonchev–Trinajstić information content (AvgIpc) is 2.87. The zero-order valence-electron chi connectivity index (χ0n) is 14.1. The van der Waals surface area contributed by atoms with Crippen molar-refractivity contribution in [3.8, 4) is 5.75 Å². The quantitative estimate of drug-likeness (QED) is 0.378. The van der Waals surface area contributed by atoms with Crippen molar-refractivity contribution >= 4 is 39.8 Å². The number of guanidine groups is 1. The zero-order chi connectivity index (χ0) is 16.7. The Morgan fingerprint density at radius 1 is 1.38 bits per heavy atom. The van der Waals surface area contributed by atoms with Gasteiger partial charge in [-0.3, -0.25) is 4.99 Å².